The van der Waals surface area contributed by atoms with Crippen molar-refractivity contribution in [3.05, 3.63) is 46.2 Å². The normalized spacial score (nSPS) is 10.9. The second kappa shape index (κ2) is 4.43. The van der Waals surface area contributed by atoms with Crippen LogP contribution in [0.5, 0.6) is 0 Å². The highest BCUT2D eigenvalue weighted by molar-refractivity contribution is 6.30. The predicted octanol–water partition coefficient (Wildman–Crippen LogP) is 2.60. The van der Waals surface area contributed by atoms with Crippen molar-refractivity contribution in [3.8, 4) is 5.69 Å². The van der Waals surface area contributed by atoms with Gasteiger partial charge >= 0.3 is 0 Å². The van der Waals surface area contributed by atoms with Gasteiger partial charge in [-0.25, -0.2) is 13.5 Å². The minimum atomic E-state index is -0.765. The third-order valence-electron chi connectivity index (χ3n) is 2.42. The first-order valence-electron chi connectivity index (χ1n) is 4.85. The maximum absolute atomic E-state index is 13.5. The van der Waals surface area contributed by atoms with E-state index in [-0.39, 0.29) is 17.4 Å². The molecular formula is C11H9ClF2N2O. The molecule has 90 valence electrons. The van der Waals surface area contributed by atoms with E-state index >= 15 is 0 Å². The molecule has 0 amide bonds. The second-order valence-corrected chi connectivity index (χ2v) is 3.88. The number of halogens is 3. The molecule has 3 nitrogen and oxygen atoms in total. The smallest absolute Gasteiger partial charge is 0.151 e. The average molecular weight is 259 g/mol. The first-order valence-corrected chi connectivity index (χ1v) is 5.22. The quantitative estimate of drug-likeness (QED) is 0.899. The zero-order valence-corrected chi connectivity index (χ0v) is 9.67. The van der Waals surface area contributed by atoms with Gasteiger partial charge in [0.2, 0.25) is 0 Å². The Morgan fingerprint density at radius 1 is 1.41 bits per heavy atom. The Hall–Kier alpha value is -1.46. The summed E-state index contributed by atoms with van der Waals surface area (Å²) in [5, 5.41) is 13.2. The molecular weight excluding hydrogens is 250 g/mol. The number of aliphatic hydroxyl groups excluding tert-OH is 1. The maximum atomic E-state index is 13.5. The number of aromatic nitrogens is 2. The minimum absolute atomic E-state index is 0.0409. The number of hydrogen-bond acceptors (Lipinski definition) is 2. The van der Waals surface area contributed by atoms with E-state index in [4.69, 9.17) is 16.7 Å². The molecule has 0 saturated heterocycles. The van der Waals surface area contributed by atoms with Crippen LogP contribution in [-0.4, -0.2) is 14.9 Å². The number of aryl methyl sites for hydroxylation is 1. The molecule has 0 aliphatic heterocycles. The largest absolute Gasteiger partial charge is 0.391 e. The van der Waals surface area contributed by atoms with Crippen LogP contribution < -0.4 is 0 Å². The van der Waals surface area contributed by atoms with Crippen LogP contribution in [0.1, 0.15) is 11.3 Å². The first kappa shape index (κ1) is 12.0. The summed E-state index contributed by atoms with van der Waals surface area (Å²) in [6.07, 6.45) is 0. The predicted molar refractivity (Wildman–Crippen MR) is 59.1 cm³/mol. The SMILES string of the molecule is Cc1nn(-c2ccc(F)cc2F)c(Cl)c1CO. The van der Waals surface area contributed by atoms with Crippen molar-refractivity contribution in [2.24, 2.45) is 0 Å². The first-order chi connectivity index (χ1) is 8.04. The van der Waals surface area contributed by atoms with Crippen LogP contribution in [0.15, 0.2) is 18.2 Å². The summed E-state index contributed by atoms with van der Waals surface area (Å²) in [6, 6.07) is 3.11. The monoisotopic (exact) mass is 258 g/mol. The summed E-state index contributed by atoms with van der Waals surface area (Å²) in [4.78, 5) is 0. The summed E-state index contributed by atoms with van der Waals surface area (Å²) >= 11 is 5.96. The molecule has 0 saturated carbocycles. The minimum Gasteiger partial charge on any atom is -0.391 e. The van der Waals surface area contributed by atoms with E-state index in [0.717, 1.165) is 16.8 Å². The molecule has 2 aromatic rings. The Morgan fingerprint density at radius 2 is 2.12 bits per heavy atom. The van der Waals surface area contributed by atoms with Gasteiger partial charge in [-0.1, -0.05) is 11.6 Å². The lowest BCUT2D eigenvalue weighted by Crippen LogP contribution is -2.00. The summed E-state index contributed by atoms with van der Waals surface area (Å²) in [5.41, 5.74) is 0.968. The molecule has 6 heteroatoms. The van der Waals surface area contributed by atoms with Gasteiger partial charge in [0.25, 0.3) is 0 Å². The van der Waals surface area contributed by atoms with Crippen LogP contribution in [0.2, 0.25) is 5.15 Å². The van der Waals surface area contributed by atoms with Crippen LogP contribution in [0, 0.1) is 18.6 Å². The van der Waals surface area contributed by atoms with Crippen molar-refractivity contribution in [1.82, 2.24) is 9.78 Å². The van der Waals surface area contributed by atoms with Gasteiger partial charge in [-0.2, -0.15) is 5.10 Å². The van der Waals surface area contributed by atoms with Crippen LogP contribution in [0.3, 0.4) is 0 Å². The van der Waals surface area contributed by atoms with Crippen LogP contribution in [0.25, 0.3) is 5.69 Å². The molecule has 1 aromatic carbocycles. The van der Waals surface area contributed by atoms with E-state index in [1.807, 2.05) is 0 Å². The summed E-state index contributed by atoms with van der Waals surface area (Å²) in [5.74, 6) is -1.44. The number of hydrogen-bond donors (Lipinski definition) is 1. The van der Waals surface area contributed by atoms with Crippen LogP contribution in [0.4, 0.5) is 8.78 Å². The molecule has 0 spiro atoms. The van der Waals surface area contributed by atoms with Crippen molar-refractivity contribution in [1.29, 1.82) is 0 Å². The zero-order valence-electron chi connectivity index (χ0n) is 8.91. The lowest BCUT2D eigenvalue weighted by Gasteiger charge is -2.04. The van der Waals surface area contributed by atoms with Crippen molar-refractivity contribution in [2.45, 2.75) is 13.5 Å². The molecule has 17 heavy (non-hydrogen) atoms. The molecule has 1 N–H and O–H groups in total. The number of benzene rings is 1. The average Bonchev–Trinajstić information content (AvgIpc) is 2.54. The second-order valence-electron chi connectivity index (χ2n) is 3.52. The summed E-state index contributed by atoms with van der Waals surface area (Å²) in [7, 11) is 0. The maximum Gasteiger partial charge on any atom is 0.151 e. The fourth-order valence-corrected chi connectivity index (χ4v) is 1.85. The van der Waals surface area contributed by atoms with Crippen LogP contribution >= 0.6 is 11.6 Å². The van der Waals surface area contributed by atoms with E-state index in [9.17, 15) is 8.78 Å². The van der Waals surface area contributed by atoms with E-state index in [1.54, 1.807) is 6.92 Å². The number of nitrogens with zero attached hydrogens (tertiary/aromatic N) is 2. The Bertz CT molecular complexity index is 569. The highest BCUT2D eigenvalue weighted by Crippen LogP contribution is 2.25. The molecule has 0 atom stereocenters. The van der Waals surface area contributed by atoms with E-state index in [1.165, 1.54) is 6.07 Å². The third kappa shape index (κ3) is 2.03. The molecule has 0 unspecified atom stereocenters. The van der Waals surface area contributed by atoms with Gasteiger partial charge < -0.3 is 5.11 Å². The zero-order chi connectivity index (χ0) is 12.6. The summed E-state index contributed by atoms with van der Waals surface area (Å²) < 4.78 is 27.4. The fraction of sp³-hybridized carbons (Fsp3) is 0.182. The number of aliphatic hydroxyl groups is 1. The van der Waals surface area contributed by atoms with Crippen molar-refractivity contribution in [3.63, 3.8) is 0 Å². The van der Waals surface area contributed by atoms with E-state index < -0.39 is 11.6 Å². The van der Waals surface area contributed by atoms with Gasteiger partial charge in [0, 0.05) is 11.6 Å². The lowest BCUT2D eigenvalue weighted by atomic mass is 10.3. The van der Waals surface area contributed by atoms with Crippen molar-refractivity contribution >= 4 is 11.6 Å². The Balaban J connectivity index is 2.61. The Kier molecular flexibility index (Phi) is 3.13. The van der Waals surface area contributed by atoms with Gasteiger partial charge in [0.05, 0.1) is 12.3 Å². The molecule has 0 aliphatic rings. The van der Waals surface area contributed by atoms with Crippen molar-refractivity contribution in [2.75, 3.05) is 0 Å². The standard InChI is InChI=1S/C11H9ClF2N2O/c1-6-8(5-17)11(12)16(15-6)10-3-2-7(13)4-9(10)14/h2-4,17H,5H2,1H3. The van der Waals surface area contributed by atoms with Gasteiger partial charge in [-0.3, -0.25) is 0 Å². The summed E-state index contributed by atoms with van der Waals surface area (Å²) in [6.45, 7) is 1.36. The Labute approximate surface area is 101 Å². The highest BCUT2D eigenvalue weighted by atomic mass is 35.5. The topological polar surface area (TPSA) is 38.0 Å². The molecule has 2 rings (SSSR count). The lowest BCUT2D eigenvalue weighted by molar-refractivity contribution is 0.281. The van der Waals surface area contributed by atoms with Gasteiger partial charge in [-0.05, 0) is 19.1 Å². The van der Waals surface area contributed by atoms with Crippen LogP contribution in [-0.2, 0) is 6.61 Å². The van der Waals surface area contributed by atoms with Gasteiger partial charge in [0.15, 0.2) is 5.82 Å². The molecule has 0 radical (unpaired) electrons. The molecule has 1 aromatic heterocycles. The van der Waals surface area contributed by atoms with E-state index in [2.05, 4.69) is 5.10 Å². The molecule has 1 heterocycles. The molecule has 0 aliphatic carbocycles. The fourth-order valence-electron chi connectivity index (χ4n) is 1.52. The molecule has 0 fully saturated rings. The highest BCUT2D eigenvalue weighted by Gasteiger charge is 2.16. The van der Waals surface area contributed by atoms with Gasteiger partial charge in [0.1, 0.15) is 16.7 Å². The van der Waals surface area contributed by atoms with Crippen molar-refractivity contribution < 1.29 is 13.9 Å². The number of rotatable bonds is 2. The van der Waals surface area contributed by atoms with Gasteiger partial charge in [-0.15, -0.1) is 0 Å². The third-order valence-corrected chi connectivity index (χ3v) is 2.81. The molecule has 0 bridgehead atoms. The van der Waals surface area contributed by atoms with E-state index in [0.29, 0.717) is 11.3 Å². The Morgan fingerprint density at radius 3 is 2.65 bits per heavy atom.